The number of ether oxygens (including phenoxy) is 1. The van der Waals surface area contributed by atoms with Gasteiger partial charge in [0.05, 0.1) is 6.61 Å². The highest BCUT2D eigenvalue weighted by Crippen LogP contribution is 2.22. The maximum atomic E-state index is 5.91. The molecule has 0 saturated carbocycles. The lowest BCUT2D eigenvalue weighted by atomic mass is 10.2. The lowest BCUT2D eigenvalue weighted by Crippen LogP contribution is -2.18. The predicted molar refractivity (Wildman–Crippen MR) is 72.9 cm³/mol. The molecule has 0 spiro atoms. The molecule has 0 unspecified atom stereocenters. The molecule has 1 aromatic carbocycles. The Morgan fingerprint density at radius 3 is 3.06 bits per heavy atom. The first kappa shape index (κ1) is 13.7. The summed E-state index contributed by atoms with van der Waals surface area (Å²) in [6.45, 7) is 2.41. The first-order valence-corrected chi connectivity index (χ1v) is 6.22. The minimum Gasteiger partial charge on any atom is -0.383 e. The standard InChI is InChI=1S/C12H15BrClNO/c1-16-8-7-15-6-2-3-10-9-11(14)4-5-12(10)13/h2-5,9,15H,6-8H2,1H3. The number of nitrogens with one attached hydrogen (secondary N) is 1. The minimum atomic E-state index is 0.731. The second-order valence-corrected chi connectivity index (χ2v) is 4.56. The van der Waals surface area contributed by atoms with E-state index in [4.69, 9.17) is 16.3 Å². The summed E-state index contributed by atoms with van der Waals surface area (Å²) in [6.07, 6.45) is 4.10. The third-order valence-corrected chi connectivity index (χ3v) is 2.96. The largest absolute Gasteiger partial charge is 0.383 e. The van der Waals surface area contributed by atoms with Crippen LogP contribution in [0.15, 0.2) is 28.7 Å². The summed E-state index contributed by atoms with van der Waals surface area (Å²) in [7, 11) is 1.70. The second kappa shape index (κ2) is 7.85. The molecule has 4 heteroatoms. The minimum absolute atomic E-state index is 0.731. The van der Waals surface area contributed by atoms with Crippen LogP contribution in [0.3, 0.4) is 0 Å². The molecule has 2 nitrogen and oxygen atoms in total. The Hall–Kier alpha value is -0.350. The summed E-state index contributed by atoms with van der Waals surface area (Å²) in [4.78, 5) is 0. The molecular weight excluding hydrogens is 289 g/mol. The van der Waals surface area contributed by atoms with Gasteiger partial charge in [-0.3, -0.25) is 0 Å². The van der Waals surface area contributed by atoms with Gasteiger partial charge < -0.3 is 10.1 Å². The zero-order valence-corrected chi connectivity index (χ0v) is 11.5. The monoisotopic (exact) mass is 303 g/mol. The van der Waals surface area contributed by atoms with E-state index in [-0.39, 0.29) is 0 Å². The maximum Gasteiger partial charge on any atom is 0.0587 e. The van der Waals surface area contributed by atoms with Crippen LogP contribution in [0, 0.1) is 0 Å². The van der Waals surface area contributed by atoms with Crippen molar-refractivity contribution in [3.05, 3.63) is 39.3 Å². The Kier molecular flexibility index (Phi) is 6.73. The number of halogens is 2. The van der Waals surface area contributed by atoms with Crippen LogP contribution < -0.4 is 5.32 Å². The van der Waals surface area contributed by atoms with Crippen molar-refractivity contribution in [2.24, 2.45) is 0 Å². The molecule has 0 saturated heterocycles. The molecule has 88 valence electrons. The predicted octanol–water partition coefficient (Wildman–Crippen LogP) is 3.35. The van der Waals surface area contributed by atoms with E-state index < -0.39 is 0 Å². The first-order valence-electron chi connectivity index (χ1n) is 5.05. The normalized spacial score (nSPS) is 11.2. The number of methoxy groups -OCH3 is 1. The van der Waals surface area contributed by atoms with Crippen molar-refractivity contribution in [2.75, 3.05) is 26.8 Å². The molecule has 0 amide bonds. The number of hydrogen-bond donors (Lipinski definition) is 1. The number of hydrogen-bond acceptors (Lipinski definition) is 2. The molecule has 0 aromatic heterocycles. The van der Waals surface area contributed by atoms with Gasteiger partial charge in [0.1, 0.15) is 0 Å². The van der Waals surface area contributed by atoms with Crippen molar-refractivity contribution in [3.63, 3.8) is 0 Å². The van der Waals surface area contributed by atoms with Gasteiger partial charge >= 0.3 is 0 Å². The first-order chi connectivity index (χ1) is 7.74. The highest BCUT2D eigenvalue weighted by molar-refractivity contribution is 9.10. The van der Waals surface area contributed by atoms with Crippen molar-refractivity contribution in [3.8, 4) is 0 Å². The van der Waals surface area contributed by atoms with Crippen LogP contribution in [0.2, 0.25) is 5.02 Å². The van der Waals surface area contributed by atoms with Gasteiger partial charge in [0.2, 0.25) is 0 Å². The molecule has 1 aromatic rings. The molecule has 0 aliphatic carbocycles. The molecule has 1 N–H and O–H groups in total. The van der Waals surface area contributed by atoms with Gasteiger partial charge in [-0.25, -0.2) is 0 Å². The van der Waals surface area contributed by atoms with Crippen molar-refractivity contribution in [1.82, 2.24) is 5.32 Å². The van der Waals surface area contributed by atoms with E-state index in [0.717, 1.165) is 34.8 Å². The van der Waals surface area contributed by atoms with Crippen molar-refractivity contribution in [2.45, 2.75) is 0 Å². The van der Waals surface area contributed by atoms with Gasteiger partial charge in [0.15, 0.2) is 0 Å². The summed E-state index contributed by atoms with van der Waals surface area (Å²) in [5.74, 6) is 0. The van der Waals surface area contributed by atoms with E-state index >= 15 is 0 Å². The molecule has 0 radical (unpaired) electrons. The van der Waals surface area contributed by atoms with E-state index in [1.807, 2.05) is 24.3 Å². The number of benzene rings is 1. The Morgan fingerprint density at radius 1 is 1.50 bits per heavy atom. The Balaban J connectivity index is 2.40. The molecule has 0 atom stereocenters. The summed E-state index contributed by atoms with van der Waals surface area (Å²) in [5.41, 5.74) is 1.08. The fraction of sp³-hybridized carbons (Fsp3) is 0.333. The second-order valence-electron chi connectivity index (χ2n) is 3.27. The van der Waals surface area contributed by atoms with Crippen LogP contribution in [0.5, 0.6) is 0 Å². The van der Waals surface area contributed by atoms with Gasteiger partial charge in [-0.2, -0.15) is 0 Å². The van der Waals surface area contributed by atoms with Gasteiger partial charge in [-0.05, 0) is 23.8 Å². The quantitative estimate of drug-likeness (QED) is 0.814. The van der Waals surface area contributed by atoms with Gasteiger partial charge in [-0.1, -0.05) is 39.7 Å². The zero-order valence-electron chi connectivity index (χ0n) is 9.17. The zero-order chi connectivity index (χ0) is 11.8. The summed E-state index contributed by atoms with van der Waals surface area (Å²) >= 11 is 9.39. The van der Waals surface area contributed by atoms with Crippen LogP contribution in [0.1, 0.15) is 5.56 Å². The highest BCUT2D eigenvalue weighted by Gasteiger charge is 1.96. The third-order valence-electron chi connectivity index (χ3n) is 2.00. The van der Waals surface area contributed by atoms with E-state index in [2.05, 4.69) is 27.3 Å². The lowest BCUT2D eigenvalue weighted by molar-refractivity contribution is 0.200. The molecule has 0 aliphatic heterocycles. The summed E-state index contributed by atoms with van der Waals surface area (Å²) < 4.78 is 5.98. The van der Waals surface area contributed by atoms with E-state index in [1.54, 1.807) is 7.11 Å². The van der Waals surface area contributed by atoms with E-state index in [9.17, 15) is 0 Å². The molecule has 0 fully saturated rings. The SMILES string of the molecule is COCCNCC=Cc1cc(Cl)ccc1Br. The highest BCUT2D eigenvalue weighted by atomic mass is 79.9. The number of rotatable bonds is 6. The molecular formula is C12H15BrClNO. The van der Waals surface area contributed by atoms with Crippen LogP contribution >= 0.6 is 27.5 Å². The van der Waals surface area contributed by atoms with E-state index in [1.165, 1.54) is 0 Å². The summed E-state index contributed by atoms with van der Waals surface area (Å²) in [6, 6.07) is 5.73. The molecule has 0 aliphatic rings. The van der Waals surface area contributed by atoms with Crippen molar-refractivity contribution < 1.29 is 4.74 Å². The third kappa shape index (κ3) is 5.12. The molecule has 1 rings (SSSR count). The van der Waals surface area contributed by atoms with Crippen molar-refractivity contribution in [1.29, 1.82) is 0 Å². The fourth-order valence-electron chi connectivity index (χ4n) is 1.19. The molecule has 0 heterocycles. The van der Waals surface area contributed by atoms with Crippen molar-refractivity contribution >= 4 is 33.6 Å². The van der Waals surface area contributed by atoms with Crippen LogP contribution in [-0.4, -0.2) is 26.8 Å². The smallest absolute Gasteiger partial charge is 0.0587 e. The Bertz CT molecular complexity index is 355. The average Bonchev–Trinajstić information content (AvgIpc) is 2.28. The van der Waals surface area contributed by atoms with Crippen LogP contribution in [0.4, 0.5) is 0 Å². The average molecular weight is 305 g/mol. The van der Waals surface area contributed by atoms with Gasteiger partial charge in [0.25, 0.3) is 0 Å². The summed E-state index contributed by atoms with van der Waals surface area (Å²) in [5, 5.41) is 3.98. The molecule has 16 heavy (non-hydrogen) atoms. The Labute approximate surface area is 110 Å². The van der Waals surface area contributed by atoms with E-state index in [0.29, 0.717) is 0 Å². The topological polar surface area (TPSA) is 21.3 Å². The lowest BCUT2D eigenvalue weighted by Gasteiger charge is -2.01. The van der Waals surface area contributed by atoms with Gasteiger partial charge in [0, 0.05) is 29.7 Å². The van der Waals surface area contributed by atoms with Crippen LogP contribution in [0.25, 0.3) is 6.08 Å². The maximum absolute atomic E-state index is 5.91. The van der Waals surface area contributed by atoms with Crippen LogP contribution in [-0.2, 0) is 4.74 Å². The Morgan fingerprint density at radius 2 is 2.31 bits per heavy atom. The fourth-order valence-corrected chi connectivity index (χ4v) is 1.75. The molecule has 0 bridgehead atoms. The van der Waals surface area contributed by atoms with Gasteiger partial charge in [-0.15, -0.1) is 0 Å².